The smallest absolute Gasteiger partial charge is 0.183 e. The molecule has 1 aromatic rings. The van der Waals surface area contributed by atoms with Gasteiger partial charge in [-0.25, -0.2) is 14.4 Å². The fourth-order valence-electron chi connectivity index (χ4n) is 1.57. The summed E-state index contributed by atoms with van der Waals surface area (Å²) in [5.74, 6) is 0.0170. The van der Waals surface area contributed by atoms with Gasteiger partial charge in [-0.2, -0.15) is 0 Å². The molecule has 0 spiro atoms. The molecule has 16 heavy (non-hydrogen) atoms. The summed E-state index contributed by atoms with van der Waals surface area (Å²) < 4.78 is 18.7. The topological polar surface area (TPSA) is 58.5 Å². The Morgan fingerprint density at radius 2 is 2.19 bits per heavy atom. The van der Waals surface area contributed by atoms with E-state index in [0.717, 1.165) is 6.20 Å². The van der Waals surface area contributed by atoms with Gasteiger partial charge in [0.15, 0.2) is 17.5 Å². The molecule has 0 saturated carbocycles. The molecular formula is C10H14FN3O2. The van der Waals surface area contributed by atoms with E-state index in [9.17, 15) is 9.50 Å². The van der Waals surface area contributed by atoms with Gasteiger partial charge in [0.05, 0.1) is 19.4 Å². The number of hydrogen-bond acceptors (Lipinski definition) is 5. The molecule has 5 nitrogen and oxygen atoms in total. The molecule has 2 heterocycles. The number of morpholine rings is 1. The molecule has 1 saturated heterocycles. The first-order chi connectivity index (χ1) is 7.68. The van der Waals surface area contributed by atoms with E-state index in [0.29, 0.717) is 26.3 Å². The Kier molecular flexibility index (Phi) is 3.31. The zero-order valence-corrected chi connectivity index (χ0v) is 9.06. The maximum Gasteiger partial charge on any atom is 0.183 e. The largest absolute Gasteiger partial charge is 0.385 e. The van der Waals surface area contributed by atoms with Crippen molar-refractivity contribution in [3.63, 3.8) is 0 Å². The molecule has 1 fully saturated rings. The maximum absolute atomic E-state index is 13.5. The number of hydrogen-bond donors (Lipinski definition) is 1. The molecule has 2 rings (SSSR count). The van der Waals surface area contributed by atoms with Crippen molar-refractivity contribution in [2.45, 2.75) is 13.0 Å². The number of aromatic nitrogens is 2. The minimum absolute atomic E-state index is 0.239. The van der Waals surface area contributed by atoms with Gasteiger partial charge in [-0.3, -0.25) is 0 Å². The van der Waals surface area contributed by atoms with Gasteiger partial charge >= 0.3 is 0 Å². The van der Waals surface area contributed by atoms with E-state index in [1.807, 2.05) is 0 Å². The predicted octanol–water partition coefficient (Wildman–Crippen LogP) is 0.506. The molecule has 1 aliphatic heterocycles. The van der Waals surface area contributed by atoms with Crippen molar-refractivity contribution in [3.05, 3.63) is 17.8 Å². The highest BCUT2D eigenvalue weighted by Gasteiger charge is 2.18. The van der Waals surface area contributed by atoms with Gasteiger partial charge in [0, 0.05) is 13.1 Å². The minimum Gasteiger partial charge on any atom is -0.385 e. The van der Waals surface area contributed by atoms with Crippen LogP contribution in [0.1, 0.15) is 18.9 Å². The Labute approximate surface area is 92.9 Å². The average molecular weight is 227 g/mol. The number of aliphatic hydroxyl groups is 1. The van der Waals surface area contributed by atoms with Crippen molar-refractivity contribution >= 4 is 5.82 Å². The van der Waals surface area contributed by atoms with Crippen LogP contribution in [0.2, 0.25) is 0 Å². The van der Waals surface area contributed by atoms with E-state index in [2.05, 4.69) is 9.97 Å². The summed E-state index contributed by atoms with van der Waals surface area (Å²) in [4.78, 5) is 9.57. The third kappa shape index (κ3) is 2.28. The first kappa shape index (κ1) is 11.2. The van der Waals surface area contributed by atoms with E-state index < -0.39 is 11.9 Å². The van der Waals surface area contributed by atoms with Crippen LogP contribution in [0.3, 0.4) is 0 Å². The SMILES string of the molecule is C[C@H](O)c1ncc(F)c(N2CCOCC2)n1. The quantitative estimate of drug-likeness (QED) is 0.797. The second-order valence-corrected chi connectivity index (χ2v) is 3.68. The van der Waals surface area contributed by atoms with Crippen LogP contribution < -0.4 is 4.90 Å². The van der Waals surface area contributed by atoms with Crippen molar-refractivity contribution in [2.24, 2.45) is 0 Å². The monoisotopic (exact) mass is 227 g/mol. The van der Waals surface area contributed by atoms with Crippen LogP contribution in [0.15, 0.2) is 6.20 Å². The lowest BCUT2D eigenvalue weighted by molar-refractivity contribution is 0.122. The molecule has 0 radical (unpaired) electrons. The highest BCUT2D eigenvalue weighted by atomic mass is 19.1. The number of ether oxygens (including phenoxy) is 1. The first-order valence-corrected chi connectivity index (χ1v) is 5.21. The molecule has 1 aromatic heterocycles. The van der Waals surface area contributed by atoms with Gasteiger partial charge in [-0.15, -0.1) is 0 Å². The molecule has 6 heteroatoms. The van der Waals surface area contributed by atoms with Gasteiger partial charge in [0.2, 0.25) is 0 Å². The Hall–Kier alpha value is -1.27. The molecule has 1 aliphatic rings. The van der Waals surface area contributed by atoms with Crippen LogP contribution in [0, 0.1) is 5.82 Å². The number of aliphatic hydroxyl groups excluding tert-OH is 1. The number of rotatable bonds is 2. The second kappa shape index (κ2) is 4.71. The highest BCUT2D eigenvalue weighted by Crippen LogP contribution is 2.18. The summed E-state index contributed by atoms with van der Waals surface area (Å²) in [5.41, 5.74) is 0. The number of halogens is 1. The Balaban J connectivity index is 2.27. The molecule has 0 amide bonds. The third-order valence-corrected chi connectivity index (χ3v) is 2.43. The van der Waals surface area contributed by atoms with E-state index in [1.165, 1.54) is 0 Å². The van der Waals surface area contributed by atoms with Crippen molar-refractivity contribution in [2.75, 3.05) is 31.2 Å². The summed E-state index contributed by atoms with van der Waals surface area (Å²) in [6.45, 7) is 3.89. The summed E-state index contributed by atoms with van der Waals surface area (Å²) in [7, 11) is 0. The highest BCUT2D eigenvalue weighted by molar-refractivity contribution is 5.39. The lowest BCUT2D eigenvalue weighted by Crippen LogP contribution is -2.37. The predicted molar refractivity (Wildman–Crippen MR) is 55.7 cm³/mol. The second-order valence-electron chi connectivity index (χ2n) is 3.68. The molecule has 0 bridgehead atoms. The molecule has 0 unspecified atom stereocenters. The molecule has 0 aromatic carbocycles. The Morgan fingerprint density at radius 3 is 2.81 bits per heavy atom. The minimum atomic E-state index is -0.791. The van der Waals surface area contributed by atoms with Crippen molar-refractivity contribution in [1.82, 2.24) is 9.97 Å². The van der Waals surface area contributed by atoms with E-state index in [4.69, 9.17) is 4.74 Å². The summed E-state index contributed by atoms with van der Waals surface area (Å²) in [6, 6.07) is 0. The van der Waals surface area contributed by atoms with E-state index in [1.54, 1.807) is 11.8 Å². The van der Waals surface area contributed by atoms with Gasteiger partial charge in [0.25, 0.3) is 0 Å². The molecular weight excluding hydrogens is 213 g/mol. The maximum atomic E-state index is 13.5. The molecule has 1 atom stereocenters. The molecule has 88 valence electrons. The van der Waals surface area contributed by atoms with Crippen molar-refractivity contribution in [3.8, 4) is 0 Å². The number of anilines is 1. The van der Waals surface area contributed by atoms with Crippen LogP contribution >= 0.6 is 0 Å². The fraction of sp³-hybridized carbons (Fsp3) is 0.600. The lowest BCUT2D eigenvalue weighted by atomic mass is 10.3. The third-order valence-electron chi connectivity index (χ3n) is 2.43. The fourth-order valence-corrected chi connectivity index (χ4v) is 1.57. The van der Waals surface area contributed by atoms with Gasteiger partial charge < -0.3 is 14.7 Å². The Bertz CT molecular complexity index is 367. The zero-order valence-electron chi connectivity index (χ0n) is 9.06. The van der Waals surface area contributed by atoms with Crippen LogP contribution in [-0.2, 0) is 4.74 Å². The van der Waals surface area contributed by atoms with Crippen LogP contribution in [-0.4, -0.2) is 41.4 Å². The molecule has 0 aliphatic carbocycles. The summed E-state index contributed by atoms with van der Waals surface area (Å²) in [6.07, 6.45) is 0.306. The van der Waals surface area contributed by atoms with Crippen LogP contribution in [0.25, 0.3) is 0 Å². The normalized spacial score (nSPS) is 18.6. The van der Waals surface area contributed by atoms with Crippen molar-refractivity contribution in [1.29, 1.82) is 0 Å². The van der Waals surface area contributed by atoms with E-state index in [-0.39, 0.29) is 11.6 Å². The molecule has 1 N–H and O–H groups in total. The lowest BCUT2D eigenvalue weighted by Gasteiger charge is -2.28. The van der Waals surface area contributed by atoms with Crippen LogP contribution in [0.4, 0.5) is 10.2 Å². The average Bonchev–Trinajstić information content (AvgIpc) is 2.30. The zero-order chi connectivity index (χ0) is 11.5. The summed E-state index contributed by atoms with van der Waals surface area (Å²) >= 11 is 0. The van der Waals surface area contributed by atoms with Gasteiger partial charge in [0.1, 0.15) is 6.10 Å². The number of nitrogens with zero attached hydrogens (tertiary/aromatic N) is 3. The standard InChI is InChI=1S/C10H14FN3O2/c1-7(15)9-12-6-8(11)10(13-9)14-2-4-16-5-3-14/h6-7,15H,2-5H2,1H3/t7-/m0/s1. The van der Waals surface area contributed by atoms with Gasteiger partial charge in [-0.05, 0) is 6.92 Å². The Morgan fingerprint density at radius 1 is 1.50 bits per heavy atom. The van der Waals surface area contributed by atoms with Crippen LogP contribution in [0.5, 0.6) is 0 Å². The van der Waals surface area contributed by atoms with E-state index >= 15 is 0 Å². The van der Waals surface area contributed by atoms with Gasteiger partial charge in [-0.1, -0.05) is 0 Å². The first-order valence-electron chi connectivity index (χ1n) is 5.21. The summed E-state index contributed by atoms with van der Waals surface area (Å²) in [5, 5.41) is 9.35. The van der Waals surface area contributed by atoms with Crippen molar-refractivity contribution < 1.29 is 14.2 Å².